The molecule has 0 N–H and O–H groups in total. The molecule has 2 rings (SSSR count). The monoisotopic (exact) mass is 295 g/mol. The SMILES string of the molecule is Cc1ccc(F)c(Oc2ccc(Br)c(C)n2)c1. The summed E-state index contributed by atoms with van der Waals surface area (Å²) in [5.41, 5.74) is 1.74. The van der Waals surface area contributed by atoms with Crippen molar-refractivity contribution in [3.05, 3.63) is 51.9 Å². The molecule has 0 saturated heterocycles. The van der Waals surface area contributed by atoms with E-state index < -0.39 is 5.82 Å². The zero-order chi connectivity index (χ0) is 12.4. The summed E-state index contributed by atoms with van der Waals surface area (Å²) in [5, 5.41) is 0. The number of pyridine rings is 1. The number of aromatic nitrogens is 1. The molecule has 4 heteroatoms. The van der Waals surface area contributed by atoms with E-state index >= 15 is 0 Å². The lowest BCUT2D eigenvalue weighted by molar-refractivity contribution is 0.426. The zero-order valence-electron chi connectivity index (χ0n) is 9.50. The lowest BCUT2D eigenvalue weighted by Crippen LogP contribution is -1.93. The first-order valence-electron chi connectivity index (χ1n) is 5.13. The van der Waals surface area contributed by atoms with Crippen molar-refractivity contribution in [3.63, 3.8) is 0 Å². The molecule has 0 spiro atoms. The molecule has 0 saturated carbocycles. The molecule has 0 atom stereocenters. The molecule has 0 amide bonds. The lowest BCUT2D eigenvalue weighted by Gasteiger charge is -2.07. The molecule has 0 radical (unpaired) electrons. The number of rotatable bonds is 2. The van der Waals surface area contributed by atoms with Gasteiger partial charge in [-0.3, -0.25) is 0 Å². The fourth-order valence-electron chi connectivity index (χ4n) is 1.38. The molecule has 1 aromatic heterocycles. The van der Waals surface area contributed by atoms with Gasteiger partial charge >= 0.3 is 0 Å². The van der Waals surface area contributed by atoms with Gasteiger partial charge in [-0.05, 0) is 53.5 Å². The van der Waals surface area contributed by atoms with Gasteiger partial charge in [0.1, 0.15) is 0 Å². The predicted octanol–water partition coefficient (Wildman–Crippen LogP) is 4.39. The lowest BCUT2D eigenvalue weighted by atomic mass is 10.2. The summed E-state index contributed by atoms with van der Waals surface area (Å²) >= 11 is 3.35. The molecule has 88 valence electrons. The molecule has 0 aliphatic heterocycles. The van der Waals surface area contributed by atoms with Gasteiger partial charge in [-0.1, -0.05) is 6.07 Å². The Hall–Kier alpha value is -1.42. The zero-order valence-corrected chi connectivity index (χ0v) is 11.1. The standard InChI is InChI=1S/C13H11BrFNO/c1-8-3-5-11(15)12(7-8)17-13-6-4-10(14)9(2)16-13/h3-7H,1-2H3. The van der Waals surface area contributed by atoms with E-state index in [1.54, 1.807) is 18.2 Å². The van der Waals surface area contributed by atoms with Crippen LogP contribution in [0.1, 0.15) is 11.3 Å². The molecule has 1 aromatic carbocycles. The molecule has 0 aliphatic rings. The smallest absolute Gasteiger partial charge is 0.219 e. The third-order valence-corrected chi connectivity index (χ3v) is 3.14. The first-order chi connectivity index (χ1) is 8.06. The van der Waals surface area contributed by atoms with Gasteiger partial charge in [0.15, 0.2) is 11.6 Å². The minimum Gasteiger partial charge on any atom is -0.436 e. The number of ether oxygens (including phenoxy) is 1. The maximum atomic E-state index is 13.5. The van der Waals surface area contributed by atoms with Crippen LogP contribution in [-0.2, 0) is 0 Å². The van der Waals surface area contributed by atoms with Crippen LogP contribution in [0.2, 0.25) is 0 Å². The van der Waals surface area contributed by atoms with Gasteiger partial charge in [0.05, 0.1) is 5.69 Å². The van der Waals surface area contributed by atoms with Crippen LogP contribution in [0.5, 0.6) is 11.6 Å². The van der Waals surface area contributed by atoms with Crippen LogP contribution in [0, 0.1) is 19.7 Å². The second-order valence-electron chi connectivity index (χ2n) is 3.75. The molecule has 0 aliphatic carbocycles. The minimum atomic E-state index is -0.391. The number of hydrogen-bond donors (Lipinski definition) is 0. The Morgan fingerprint density at radius 3 is 2.65 bits per heavy atom. The molecule has 17 heavy (non-hydrogen) atoms. The van der Waals surface area contributed by atoms with Crippen LogP contribution in [0.3, 0.4) is 0 Å². The van der Waals surface area contributed by atoms with E-state index in [4.69, 9.17) is 4.74 Å². The highest BCUT2D eigenvalue weighted by molar-refractivity contribution is 9.10. The summed E-state index contributed by atoms with van der Waals surface area (Å²) < 4.78 is 19.8. The molecule has 0 unspecified atom stereocenters. The molecular weight excluding hydrogens is 285 g/mol. The Morgan fingerprint density at radius 2 is 1.94 bits per heavy atom. The number of hydrogen-bond acceptors (Lipinski definition) is 2. The van der Waals surface area contributed by atoms with Crippen LogP contribution in [0.15, 0.2) is 34.8 Å². The van der Waals surface area contributed by atoms with Crippen molar-refractivity contribution in [2.45, 2.75) is 13.8 Å². The van der Waals surface area contributed by atoms with Crippen LogP contribution < -0.4 is 4.74 Å². The van der Waals surface area contributed by atoms with E-state index in [2.05, 4.69) is 20.9 Å². The highest BCUT2D eigenvalue weighted by Gasteiger charge is 2.06. The molecule has 2 nitrogen and oxygen atoms in total. The van der Waals surface area contributed by atoms with Crippen molar-refractivity contribution in [1.29, 1.82) is 0 Å². The Bertz CT molecular complexity index is 557. The average Bonchev–Trinajstić information content (AvgIpc) is 2.29. The van der Waals surface area contributed by atoms with Crippen LogP contribution in [-0.4, -0.2) is 4.98 Å². The Balaban J connectivity index is 2.31. The van der Waals surface area contributed by atoms with Gasteiger partial charge in [-0.25, -0.2) is 9.37 Å². The fraction of sp³-hybridized carbons (Fsp3) is 0.154. The fourth-order valence-corrected chi connectivity index (χ4v) is 1.60. The largest absolute Gasteiger partial charge is 0.436 e. The van der Waals surface area contributed by atoms with Crippen molar-refractivity contribution >= 4 is 15.9 Å². The summed E-state index contributed by atoms with van der Waals surface area (Å²) in [4.78, 5) is 4.20. The van der Waals surface area contributed by atoms with E-state index in [1.165, 1.54) is 6.07 Å². The van der Waals surface area contributed by atoms with Crippen LogP contribution >= 0.6 is 15.9 Å². The Kier molecular flexibility index (Phi) is 3.43. The van der Waals surface area contributed by atoms with Gasteiger partial charge in [0.2, 0.25) is 5.88 Å². The molecule has 0 bridgehead atoms. The third-order valence-electron chi connectivity index (χ3n) is 2.30. The number of aryl methyl sites for hydroxylation is 2. The molecule has 1 heterocycles. The van der Waals surface area contributed by atoms with E-state index in [0.717, 1.165) is 15.7 Å². The summed E-state index contributed by atoms with van der Waals surface area (Å²) in [6.45, 7) is 3.73. The maximum Gasteiger partial charge on any atom is 0.219 e. The van der Waals surface area contributed by atoms with E-state index in [9.17, 15) is 4.39 Å². The number of halogens is 2. The highest BCUT2D eigenvalue weighted by atomic mass is 79.9. The van der Waals surface area contributed by atoms with Crippen LogP contribution in [0.4, 0.5) is 4.39 Å². The van der Waals surface area contributed by atoms with E-state index in [1.807, 2.05) is 19.9 Å². The van der Waals surface area contributed by atoms with Crippen LogP contribution in [0.25, 0.3) is 0 Å². The first-order valence-corrected chi connectivity index (χ1v) is 5.93. The summed E-state index contributed by atoms with van der Waals surface area (Å²) in [6.07, 6.45) is 0. The van der Waals surface area contributed by atoms with E-state index in [0.29, 0.717) is 5.88 Å². The average molecular weight is 296 g/mol. The Labute approximate surface area is 108 Å². The highest BCUT2D eigenvalue weighted by Crippen LogP contribution is 2.25. The van der Waals surface area contributed by atoms with Crippen molar-refractivity contribution in [2.24, 2.45) is 0 Å². The van der Waals surface area contributed by atoms with Crippen molar-refractivity contribution in [3.8, 4) is 11.6 Å². The molecule has 0 fully saturated rings. The number of nitrogens with zero attached hydrogens (tertiary/aromatic N) is 1. The molecular formula is C13H11BrFNO. The first kappa shape index (κ1) is 12.0. The maximum absolute atomic E-state index is 13.5. The Morgan fingerprint density at radius 1 is 1.18 bits per heavy atom. The van der Waals surface area contributed by atoms with E-state index in [-0.39, 0.29) is 5.75 Å². The summed E-state index contributed by atoms with van der Waals surface area (Å²) in [7, 11) is 0. The normalized spacial score (nSPS) is 10.4. The quantitative estimate of drug-likeness (QED) is 0.820. The van der Waals surface area contributed by atoms with Crippen molar-refractivity contribution < 1.29 is 9.13 Å². The third kappa shape index (κ3) is 2.82. The predicted molar refractivity (Wildman–Crippen MR) is 67.9 cm³/mol. The van der Waals surface area contributed by atoms with Gasteiger partial charge < -0.3 is 4.74 Å². The van der Waals surface area contributed by atoms with Gasteiger partial charge in [-0.15, -0.1) is 0 Å². The topological polar surface area (TPSA) is 22.1 Å². The van der Waals surface area contributed by atoms with Gasteiger partial charge in [0, 0.05) is 10.5 Å². The summed E-state index contributed by atoms with van der Waals surface area (Å²) in [6, 6.07) is 8.25. The van der Waals surface area contributed by atoms with Crippen molar-refractivity contribution in [2.75, 3.05) is 0 Å². The summed E-state index contributed by atoms with van der Waals surface area (Å²) in [5.74, 6) is 0.187. The van der Waals surface area contributed by atoms with Gasteiger partial charge in [-0.2, -0.15) is 0 Å². The number of benzene rings is 1. The van der Waals surface area contributed by atoms with Gasteiger partial charge in [0.25, 0.3) is 0 Å². The van der Waals surface area contributed by atoms with Crippen molar-refractivity contribution in [1.82, 2.24) is 4.98 Å². The second-order valence-corrected chi connectivity index (χ2v) is 4.61. The molecule has 2 aromatic rings. The minimum absolute atomic E-state index is 0.194. The second kappa shape index (κ2) is 4.84.